The van der Waals surface area contributed by atoms with Crippen LogP contribution in [0.3, 0.4) is 0 Å². The summed E-state index contributed by atoms with van der Waals surface area (Å²) in [5.74, 6) is 0.625. The number of oxazole rings is 1. The molecule has 1 aromatic heterocycles. The molecule has 0 saturated carbocycles. The van der Waals surface area contributed by atoms with E-state index < -0.39 is 0 Å². The second kappa shape index (κ2) is 3.33. The molecule has 0 saturated heterocycles. The fourth-order valence-corrected chi connectivity index (χ4v) is 1.11. The summed E-state index contributed by atoms with van der Waals surface area (Å²) in [5, 5.41) is 9.20. The van der Waals surface area contributed by atoms with Crippen molar-refractivity contribution >= 4 is 6.29 Å². The molecule has 0 spiro atoms. The van der Waals surface area contributed by atoms with Gasteiger partial charge in [-0.25, -0.2) is 4.98 Å². The van der Waals surface area contributed by atoms with Crippen molar-refractivity contribution in [2.45, 2.75) is 0 Å². The van der Waals surface area contributed by atoms with Crippen molar-refractivity contribution in [2.75, 3.05) is 0 Å². The van der Waals surface area contributed by atoms with Crippen LogP contribution in [0.15, 0.2) is 34.9 Å². The summed E-state index contributed by atoms with van der Waals surface area (Å²) in [6.45, 7) is 0. The summed E-state index contributed by atoms with van der Waals surface area (Å²) in [4.78, 5) is 14.2. The van der Waals surface area contributed by atoms with E-state index in [0.29, 0.717) is 17.7 Å². The smallest absolute Gasteiger partial charge is 0.227 e. The highest BCUT2D eigenvalue weighted by molar-refractivity contribution is 5.71. The number of carbonyl (C=O) groups is 1. The Kier molecular flexibility index (Phi) is 2.02. The number of phenolic OH excluding ortho intramolecular Hbond substituents is 1. The number of rotatable bonds is 2. The number of phenols is 1. The van der Waals surface area contributed by atoms with Crippen molar-refractivity contribution < 1.29 is 14.3 Å². The summed E-state index contributed by atoms with van der Waals surface area (Å²) >= 11 is 0. The molecule has 0 amide bonds. The molecule has 0 bridgehead atoms. The number of nitrogens with zero attached hydrogens (tertiary/aromatic N) is 1. The van der Waals surface area contributed by atoms with Gasteiger partial charge in [-0.05, 0) is 18.2 Å². The molecule has 70 valence electrons. The molecule has 0 atom stereocenters. The molecule has 0 aliphatic rings. The van der Waals surface area contributed by atoms with Crippen LogP contribution in [0.4, 0.5) is 0 Å². The Morgan fingerprint density at radius 3 is 2.93 bits per heavy atom. The largest absolute Gasteiger partial charge is 0.508 e. The van der Waals surface area contributed by atoms with Gasteiger partial charge in [0.25, 0.3) is 0 Å². The Balaban J connectivity index is 2.43. The van der Waals surface area contributed by atoms with Gasteiger partial charge in [0.2, 0.25) is 5.89 Å². The van der Waals surface area contributed by atoms with E-state index in [1.807, 2.05) is 0 Å². The third kappa shape index (κ3) is 1.50. The molecule has 1 N–H and O–H groups in total. The van der Waals surface area contributed by atoms with Crippen LogP contribution in [0, 0.1) is 0 Å². The second-order valence-corrected chi connectivity index (χ2v) is 2.74. The summed E-state index contributed by atoms with van der Waals surface area (Å²) in [6, 6.07) is 6.48. The van der Waals surface area contributed by atoms with Crippen molar-refractivity contribution in [3.05, 3.63) is 36.2 Å². The van der Waals surface area contributed by atoms with Crippen molar-refractivity contribution in [3.8, 4) is 17.2 Å². The highest BCUT2D eigenvalue weighted by Crippen LogP contribution is 2.22. The second-order valence-electron chi connectivity index (χ2n) is 2.74. The van der Waals surface area contributed by atoms with E-state index in [-0.39, 0.29) is 11.5 Å². The van der Waals surface area contributed by atoms with E-state index in [1.54, 1.807) is 18.2 Å². The van der Waals surface area contributed by atoms with Gasteiger partial charge in [-0.1, -0.05) is 6.07 Å². The molecule has 1 heterocycles. The fraction of sp³-hybridized carbons (Fsp3) is 0. The number of aromatic nitrogens is 1. The first-order valence-corrected chi connectivity index (χ1v) is 4.00. The molecule has 2 rings (SSSR count). The topological polar surface area (TPSA) is 63.3 Å². The van der Waals surface area contributed by atoms with Crippen LogP contribution in [0.2, 0.25) is 0 Å². The van der Waals surface area contributed by atoms with Gasteiger partial charge in [0, 0.05) is 5.56 Å². The number of carbonyl (C=O) groups excluding carboxylic acids is 1. The molecule has 14 heavy (non-hydrogen) atoms. The Labute approximate surface area is 79.8 Å². The molecule has 0 fully saturated rings. The molecule has 4 heteroatoms. The van der Waals surface area contributed by atoms with Crippen molar-refractivity contribution in [2.24, 2.45) is 0 Å². The lowest BCUT2D eigenvalue weighted by Crippen LogP contribution is -1.75. The highest BCUT2D eigenvalue weighted by Gasteiger charge is 2.05. The van der Waals surface area contributed by atoms with E-state index in [9.17, 15) is 9.90 Å². The van der Waals surface area contributed by atoms with Crippen LogP contribution in [0.25, 0.3) is 11.5 Å². The highest BCUT2D eigenvalue weighted by atomic mass is 16.4. The van der Waals surface area contributed by atoms with Gasteiger partial charge in [-0.2, -0.15) is 0 Å². The third-order valence-corrected chi connectivity index (χ3v) is 1.73. The maximum atomic E-state index is 10.3. The average Bonchev–Trinajstić information content (AvgIpc) is 2.66. The zero-order chi connectivity index (χ0) is 9.97. The SMILES string of the molecule is O=Cc1cnc(-c2cccc(O)c2)o1. The first-order valence-electron chi connectivity index (χ1n) is 4.00. The Bertz CT molecular complexity index is 462. The zero-order valence-corrected chi connectivity index (χ0v) is 7.18. The summed E-state index contributed by atoms with van der Waals surface area (Å²) in [7, 11) is 0. The molecular formula is C10H7NO3. The minimum absolute atomic E-state index is 0.133. The Hall–Kier alpha value is -2.10. The standard InChI is InChI=1S/C10H7NO3/c12-6-9-5-11-10(14-9)7-2-1-3-8(13)4-7/h1-6,13H. The van der Waals surface area contributed by atoms with Crippen LogP contribution in [0.5, 0.6) is 5.75 Å². The minimum atomic E-state index is 0.133. The molecule has 4 nitrogen and oxygen atoms in total. The number of aldehydes is 1. The predicted octanol–water partition coefficient (Wildman–Crippen LogP) is 1.86. The van der Waals surface area contributed by atoms with Gasteiger partial charge in [-0.3, -0.25) is 4.79 Å². The van der Waals surface area contributed by atoms with E-state index in [2.05, 4.69) is 4.98 Å². The van der Waals surface area contributed by atoms with Crippen molar-refractivity contribution in [1.29, 1.82) is 0 Å². The van der Waals surface area contributed by atoms with E-state index in [1.165, 1.54) is 12.3 Å². The van der Waals surface area contributed by atoms with Gasteiger partial charge < -0.3 is 9.52 Å². The molecule has 0 aliphatic heterocycles. The van der Waals surface area contributed by atoms with Gasteiger partial charge in [0.15, 0.2) is 12.0 Å². The van der Waals surface area contributed by atoms with Gasteiger partial charge >= 0.3 is 0 Å². The van der Waals surface area contributed by atoms with Crippen molar-refractivity contribution in [1.82, 2.24) is 4.98 Å². The van der Waals surface area contributed by atoms with Crippen LogP contribution >= 0.6 is 0 Å². The lowest BCUT2D eigenvalue weighted by molar-refractivity contribution is 0.110. The zero-order valence-electron chi connectivity index (χ0n) is 7.18. The number of aromatic hydroxyl groups is 1. The summed E-state index contributed by atoms with van der Waals surface area (Å²) in [5.41, 5.74) is 0.637. The first kappa shape index (κ1) is 8.50. The number of benzene rings is 1. The number of hydrogen-bond donors (Lipinski definition) is 1. The quantitative estimate of drug-likeness (QED) is 0.732. The van der Waals surface area contributed by atoms with E-state index in [0.717, 1.165) is 0 Å². The van der Waals surface area contributed by atoms with Crippen LogP contribution in [-0.4, -0.2) is 16.4 Å². The van der Waals surface area contributed by atoms with Gasteiger partial charge in [0.1, 0.15) is 5.75 Å². The van der Waals surface area contributed by atoms with E-state index >= 15 is 0 Å². The molecule has 0 radical (unpaired) electrons. The Morgan fingerprint density at radius 2 is 2.29 bits per heavy atom. The summed E-state index contributed by atoms with van der Waals surface area (Å²) in [6.07, 6.45) is 1.92. The summed E-state index contributed by atoms with van der Waals surface area (Å²) < 4.78 is 5.08. The fourth-order valence-electron chi connectivity index (χ4n) is 1.11. The van der Waals surface area contributed by atoms with Gasteiger partial charge in [0.05, 0.1) is 6.20 Å². The Morgan fingerprint density at radius 1 is 1.43 bits per heavy atom. The maximum Gasteiger partial charge on any atom is 0.227 e. The van der Waals surface area contributed by atoms with Crippen LogP contribution < -0.4 is 0 Å². The molecule has 2 aromatic rings. The lowest BCUT2D eigenvalue weighted by Gasteiger charge is -1.95. The predicted molar refractivity (Wildman–Crippen MR) is 49.0 cm³/mol. The van der Waals surface area contributed by atoms with Gasteiger partial charge in [-0.15, -0.1) is 0 Å². The van der Waals surface area contributed by atoms with E-state index in [4.69, 9.17) is 4.42 Å². The number of hydrogen-bond acceptors (Lipinski definition) is 4. The monoisotopic (exact) mass is 189 g/mol. The average molecular weight is 189 g/mol. The third-order valence-electron chi connectivity index (χ3n) is 1.73. The molecule has 0 aliphatic carbocycles. The van der Waals surface area contributed by atoms with Crippen LogP contribution in [0.1, 0.15) is 10.6 Å². The normalized spacial score (nSPS) is 10.0. The lowest BCUT2D eigenvalue weighted by atomic mass is 10.2. The molecule has 1 aromatic carbocycles. The molecular weight excluding hydrogens is 182 g/mol. The molecule has 0 unspecified atom stereocenters. The van der Waals surface area contributed by atoms with Crippen molar-refractivity contribution in [3.63, 3.8) is 0 Å². The maximum absolute atomic E-state index is 10.3. The minimum Gasteiger partial charge on any atom is -0.508 e. The van der Waals surface area contributed by atoms with Crippen LogP contribution in [-0.2, 0) is 0 Å². The first-order chi connectivity index (χ1) is 6.79.